The van der Waals surface area contributed by atoms with Crippen LogP contribution in [0.15, 0.2) is 18.3 Å². The summed E-state index contributed by atoms with van der Waals surface area (Å²) in [5.41, 5.74) is 1.09. The van der Waals surface area contributed by atoms with E-state index in [1.807, 2.05) is 12.3 Å². The Balaban J connectivity index is 1.53. The van der Waals surface area contributed by atoms with Gasteiger partial charge >= 0.3 is 0 Å². The molecule has 21 heavy (non-hydrogen) atoms. The van der Waals surface area contributed by atoms with Gasteiger partial charge in [-0.15, -0.1) is 0 Å². The Bertz CT molecular complexity index is 438. The van der Waals surface area contributed by atoms with Crippen molar-refractivity contribution in [1.82, 2.24) is 9.88 Å². The Morgan fingerprint density at radius 2 is 2.19 bits per heavy atom. The van der Waals surface area contributed by atoms with Crippen molar-refractivity contribution in [3.63, 3.8) is 0 Å². The number of piperidine rings is 1. The number of hydrogen-bond acceptors (Lipinski definition) is 5. The number of rotatable bonds is 6. The molecule has 5 nitrogen and oxygen atoms in total. The van der Waals surface area contributed by atoms with Crippen molar-refractivity contribution >= 4 is 5.69 Å². The van der Waals surface area contributed by atoms with Gasteiger partial charge in [0, 0.05) is 31.8 Å². The van der Waals surface area contributed by atoms with Crippen LogP contribution in [0.4, 0.5) is 5.69 Å². The molecule has 1 N–H and O–H groups in total. The second-order valence-electron chi connectivity index (χ2n) is 5.86. The van der Waals surface area contributed by atoms with Gasteiger partial charge in [-0.05, 0) is 31.9 Å². The van der Waals surface area contributed by atoms with Crippen LogP contribution in [0.25, 0.3) is 0 Å². The largest absolute Gasteiger partial charge is 0.475 e. The third-order valence-electron chi connectivity index (χ3n) is 4.48. The molecule has 0 amide bonds. The average molecular weight is 291 g/mol. The van der Waals surface area contributed by atoms with Crippen LogP contribution in [0.2, 0.25) is 0 Å². The van der Waals surface area contributed by atoms with E-state index in [9.17, 15) is 0 Å². The van der Waals surface area contributed by atoms with Crippen LogP contribution < -0.4 is 10.1 Å². The molecule has 0 spiro atoms. The fraction of sp³-hybridized carbons (Fsp3) is 0.688. The number of pyridine rings is 1. The van der Waals surface area contributed by atoms with Crippen LogP contribution in [0, 0.1) is 0 Å². The Kier molecular flexibility index (Phi) is 4.93. The molecule has 2 saturated heterocycles. The van der Waals surface area contributed by atoms with Crippen molar-refractivity contribution in [1.29, 1.82) is 0 Å². The van der Waals surface area contributed by atoms with Crippen LogP contribution in [0.5, 0.6) is 5.88 Å². The zero-order chi connectivity index (χ0) is 14.5. The van der Waals surface area contributed by atoms with E-state index < -0.39 is 0 Å². The number of nitrogens with one attached hydrogen (secondary N) is 1. The Labute approximate surface area is 126 Å². The van der Waals surface area contributed by atoms with E-state index in [0.29, 0.717) is 31.2 Å². The summed E-state index contributed by atoms with van der Waals surface area (Å²) in [5.74, 6) is 0.656. The molecule has 2 fully saturated rings. The summed E-state index contributed by atoms with van der Waals surface area (Å²) >= 11 is 0. The summed E-state index contributed by atoms with van der Waals surface area (Å²) in [5, 5.41) is 3.65. The summed E-state index contributed by atoms with van der Waals surface area (Å²) in [4.78, 5) is 6.98. The molecule has 1 aromatic rings. The summed E-state index contributed by atoms with van der Waals surface area (Å²) in [6.07, 6.45) is 7.15. The molecule has 2 aliphatic heterocycles. The van der Waals surface area contributed by atoms with Crippen LogP contribution in [-0.2, 0) is 4.74 Å². The molecule has 2 aliphatic rings. The lowest BCUT2D eigenvalue weighted by molar-refractivity contribution is 0.144. The molecule has 1 aromatic heterocycles. The lowest BCUT2D eigenvalue weighted by atomic mass is 9.99. The van der Waals surface area contributed by atoms with Gasteiger partial charge in [0.2, 0.25) is 5.88 Å². The van der Waals surface area contributed by atoms with Crippen molar-refractivity contribution in [2.45, 2.75) is 37.8 Å². The van der Waals surface area contributed by atoms with Crippen LogP contribution in [-0.4, -0.2) is 55.4 Å². The molecular weight excluding hydrogens is 266 g/mol. The first-order valence-corrected chi connectivity index (χ1v) is 7.95. The summed E-state index contributed by atoms with van der Waals surface area (Å²) < 4.78 is 10.4. The summed E-state index contributed by atoms with van der Waals surface area (Å²) in [6, 6.07) is 5.25. The fourth-order valence-electron chi connectivity index (χ4n) is 3.41. The van der Waals surface area contributed by atoms with Gasteiger partial charge in [0.15, 0.2) is 0 Å². The minimum atomic E-state index is 0.538. The number of aromatic nitrogens is 1. The molecule has 0 bridgehead atoms. The lowest BCUT2D eigenvalue weighted by Gasteiger charge is -2.32. The minimum absolute atomic E-state index is 0.538. The van der Waals surface area contributed by atoms with Gasteiger partial charge in [-0.25, -0.2) is 4.98 Å². The van der Waals surface area contributed by atoms with Crippen molar-refractivity contribution in [2.24, 2.45) is 0 Å². The van der Waals surface area contributed by atoms with Gasteiger partial charge in [0.1, 0.15) is 6.61 Å². The van der Waals surface area contributed by atoms with Gasteiger partial charge in [0.05, 0.1) is 18.5 Å². The van der Waals surface area contributed by atoms with E-state index in [0.717, 1.165) is 5.69 Å². The fourth-order valence-corrected chi connectivity index (χ4v) is 3.41. The smallest absolute Gasteiger partial charge is 0.213 e. The Hall–Kier alpha value is -1.33. The standard InChI is InChI=1S/C16H25N3O2/c1-20-10-11-21-16-6-5-13(12-17-16)18-14-7-9-19-8-3-2-4-15(14)19/h5-6,12,14-15,18H,2-4,7-11H2,1H3. The molecule has 2 atom stereocenters. The molecule has 2 unspecified atom stereocenters. The number of nitrogens with zero attached hydrogens (tertiary/aromatic N) is 2. The third-order valence-corrected chi connectivity index (χ3v) is 4.48. The molecule has 0 aliphatic carbocycles. The van der Waals surface area contributed by atoms with E-state index in [-0.39, 0.29) is 0 Å². The lowest BCUT2D eigenvalue weighted by Crippen LogP contribution is -2.41. The summed E-state index contributed by atoms with van der Waals surface area (Å²) in [6.45, 7) is 3.62. The molecule has 0 saturated carbocycles. The average Bonchev–Trinajstić information content (AvgIpc) is 2.93. The second kappa shape index (κ2) is 7.09. The highest BCUT2D eigenvalue weighted by Gasteiger charge is 2.35. The maximum atomic E-state index is 5.49. The maximum Gasteiger partial charge on any atom is 0.213 e. The van der Waals surface area contributed by atoms with E-state index in [1.165, 1.54) is 38.8 Å². The zero-order valence-corrected chi connectivity index (χ0v) is 12.8. The van der Waals surface area contributed by atoms with Gasteiger partial charge in [-0.3, -0.25) is 4.90 Å². The zero-order valence-electron chi connectivity index (χ0n) is 12.8. The van der Waals surface area contributed by atoms with Crippen molar-refractivity contribution in [3.05, 3.63) is 18.3 Å². The van der Waals surface area contributed by atoms with Crippen molar-refractivity contribution in [3.8, 4) is 5.88 Å². The Morgan fingerprint density at radius 1 is 1.24 bits per heavy atom. The van der Waals surface area contributed by atoms with Gasteiger partial charge < -0.3 is 14.8 Å². The monoisotopic (exact) mass is 291 g/mol. The van der Waals surface area contributed by atoms with Crippen molar-refractivity contribution in [2.75, 3.05) is 38.7 Å². The molecule has 5 heteroatoms. The topological polar surface area (TPSA) is 46.6 Å². The number of anilines is 1. The predicted octanol–water partition coefficient (Wildman–Crippen LogP) is 2.15. The van der Waals surface area contributed by atoms with Gasteiger partial charge in [-0.1, -0.05) is 6.42 Å². The minimum Gasteiger partial charge on any atom is -0.475 e. The highest BCUT2D eigenvalue weighted by molar-refractivity contribution is 5.43. The highest BCUT2D eigenvalue weighted by Crippen LogP contribution is 2.29. The van der Waals surface area contributed by atoms with E-state index in [1.54, 1.807) is 7.11 Å². The first kappa shape index (κ1) is 14.6. The van der Waals surface area contributed by atoms with Gasteiger partial charge in [0.25, 0.3) is 0 Å². The molecule has 0 aromatic carbocycles. The van der Waals surface area contributed by atoms with Gasteiger partial charge in [-0.2, -0.15) is 0 Å². The predicted molar refractivity (Wildman–Crippen MR) is 82.8 cm³/mol. The molecule has 3 heterocycles. The van der Waals surface area contributed by atoms with Crippen LogP contribution in [0.3, 0.4) is 0 Å². The van der Waals surface area contributed by atoms with Crippen LogP contribution >= 0.6 is 0 Å². The van der Waals surface area contributed by atoms with E-state index in [2.05, 4.69) is 21.3 Å². The van der Waals surface area contributed by atoms with Crippen LogP contribution in [0.1, 0.15) is 25.7 Å². The Morgan fingerprint density at radius 3 is 3.00 bits per heavy atom. The van der Waals surface area contributed by atoms with E-state index >= 15 is 0 Å². The number of hydrogen-bond donors (Lipinski definition) is 1. The molecule has 3 rings (SSSR count). The van der Waals surface area contributed by atoms with E-state index in [4.69, 9.17) is 9.47 Å². The highest BCUT2D eigenvalue weighted by atomic mass is 16.5. The third kappa shape index (κ3) is 3.66. The second-order valence-corrected chi connectivity index (χ2v) is 5.86. The number of fused-ring (bicyclic) bond motifs is 1. The first-order chi connectivity index (χ1) is 10.4. The number of ether oxygens (including phenoxy) is 2. The maximum absolute atomic E-state index is 5.49. The summed E-state index contributed by atoms with van der Waals surface area (Å²) in [7, 11) is 1.67. The first-order valence-electron chi connectivity index (χ1n) is 7.95. The van der Waals surface area contributed by atoms with Crippen molar-refractivity contribution < 1.29 is 9.47 Å². The number of methoxy groups -OCH3 is 1. The molecule has 0 radical (unpaired) electrons. The SMILES string of the molecule is COCCOc1ccc(NC2CCN3CCCCC23)cn1. The molecular formula is C16H25N3O2. The normalized spacial score (nSPS) is 25.6. The molecule has 116 valence electrons. The quantitative estimate of drug-likeness (QED) is 0.814.